The molecule has 0 fully saturated rings. The van der Waals surface area contributed by atoms with Crippen molar-refractivity contribution >= 4 is 28.2 Å². The van der Waals surface area contributed by atoms with Gasteiger partial charge in [0.25, 0.3) is 5.91 Å². The zero-order chi connectivity index (χ0) is 15.8. The largest absolute Gasteiger partial charge is 0.422 e. The van der Waals surface area contributed by atoms with Gasteiger partial charge in [-0.05, 0) is 24.3 Å². The first kappa shape index (κ1) is 13.3. The molecule has 0 saturated heterocycles. The number of aromatic nitrogens is 2. The summed E-state index contributed by atoms with van der Waals surface area (Å²) in [6.45, 7) is 0. The minimum Gasteiger partial charge on any atom is -0.422 e. The summed E-state index contributed by atoms with van der Waals surface area (Å²) in [5.74, 6) is -0.510. The zero-order valence-electron chi connectivity index (χ0n) is 11.9. The molecule has 0 atom stereocenters. The van der Waals surface area contributed by atoms with E-state index in [1.807, 2.05) is 6.07 Å². The summed E-state index contributed by atoms with van der Waals surface area (Å²) in [4.78, 5) is 28.5. The number of fused-ring (bicyclic) bond motifs is 2. The van der Waals surface area contributed by atoms with E-state index in [0.717, 1.165) is 5.65 Å². The number of hydrogen-bond donors (Lipinski definition) is 1. The van der Waals surface area contributed by atoms with Gasteiger partial charge in [0.2, 0.25) is 0 Å². The van der Waals surface area contributed by atoms with Gasteiger partial charge in [-0.3, -0.25) is 4.79 Å². The van der Waals surface area contributed by atoms with E-state index in [1.54, 1.807) is 53.3 Å². The second-order valence-corrected chi connectivity index (χ2v) is 5.05. The van der Waals surface area contributed by atoms with Crippen molar-refractivity contribution in [1.82, 2.24) is 9.38 Å². The third-order valence-electron chi connectivity index (χ3n) is 3.53. The summed E-state index contributed by atoms with van der Waals surface area (Å²) < 4.78 is 6.95. The maximum Gasteiger partial charge on any atom is 0.349 e. The lowest BCUT2D eigenvalue weighted by Gasteiger charge is -2.06. The molecule has 0 bridgehead atoms. The number of pyridine rings is 1. The summed E-state index contributed by atoms with van der Waals surface area (Å²) in [7, 11) is 0. The monoisotopic (exact) mass is 305 g/mol. The molecule has 4 rings (SSSR count). The van der Waals surface area contributed by atoms with Crippen molar-refractivity contribution in [3.63, 3.8) is 0 Å². The first-order valence-electron chi connectivity index (χ1n) is 6.98. The Morgan fingerprint density at radius 3 is 2.96 bits per heavy atom. The Kier molecular flexibility index (Phi) is 2.94. The number of imidazole rings is 1. The van der Waals surface area contributed by atoms with Crippen LogP contribution < -0.4 is 10.9 Å². The highest BCUT2D eigenvalue weighted by molar-refractivity contribution is 6.05. The van der Waals surface area contributed by atoms with Crippen LogP contribution in [0.2, 0.25) is 0 Å². The molecule has 0 aliphatic carbocycles. The number of rotatable bonds is 2. The molecule has 3 heterocycles. The van der Waals surface area contributed by atoms with Crippen LogP contribution in [0.15, 0.2) is 70.3 Å². The second kappa shape index (κ2) is 5.10. The van der Waals surface area contributed by atoms with Crippen molar-refractivity contribution in [2.75, 3.05) is 5.32 Å². The molecule has 4 aromatic rings. The van der Waals surface area contributed by atoms with Gasteiger partial charge in [0.15, 0.2) is 0 Å². The number of nitrogens with one attached hydrogen (secondary N) is 1. The van der Waals surface area contributed by atoms with Crippen LogP contribution in [0.3, 0.4) is 0 Å². The molecule has 112 valence electrons. The van der Waals surface area contributed by atoms with E-state index in [0.29, 0.717) is 16.7 Å². The Bertz CT molecular complexity index is 1090. The van der Waals surface area contributed by atoms with Gasteiger partial charge in [0, 0.05) is 24.0 Å². The Labute approximate surface area is 130 Å². The maximum absolute atomic E-state index is 12.4. The summed E-state index contributed by atoms with van der Waals surface area (Å²) in [6.07, 6.45) is 5.16. The van der Waals surface area contributed by atoms with Crippen LogP contribution in [-0.4, -0.2) is 15.3 Å². The van der Waals surface area contributed by atoms with Crippen LogP contribution in [0.4, 0.5) is 5.69 Å². The van der Waals surface area contributed by atoms with Gasteiger partial charge in [-0.15, -0.1) is 0 Å². The van der Waals surface area contributed by atoms with Gasteiger partial charge >= 0.3 is 5.63 Å². The number of nitrogens with zero attached hydrogens (tertiary/aromatic N) is 2. The molecule has 0 saturated carbocycles. The Morgan fingerprint density at radius 1 is 1.17 bits per heavy atom. The van der Waals surface area contributed by atoms with E-state index in [4.69, 9.17) is 4.42 Å². The Balaban J connectivity index is 1.71. The molecule has 23 heavy (non-hydrogen) atoms. The third-order valence-corrected chi connectivity index (χ3v) is 3.53. The molecule has 1 N–H and O–H groups in total. The fraction of sp³-hybridized carbons (Fsp3) is 0. The van der Waals surface area contributed by atoms with Gasteiger partial charge in [-0.25, -0.2) is 9.78 Å². The fourth-order valence-corrected chi connectivity index (χ4v) is 2.41. The van der Waals surface area contributed by atoms with Gasteiger partial charge in [-0.1, -0.05) is 18.2 Å². The lowest BCUT2D eigenvalue weighted by atomic mass is 10.2. The standard InChI is InChI=1S/C17H11N3O3/c21-16(19-12-5-6-15-18-7-8-20(15)10-12)13-9-11-3-1-2-4-14(11)23-17(13)22/h1-10H,(H,19,21). The Hall–Kier alpha value is -3.41. The summed E-state index contributed by atoms with van der Waals surface area (Å²) in [5.41, 5.74) is 1.09. The van der Waals surface area contributed by atoms with Crippen LogP contribution in [0.25, 0.3) is 16.6 Å². The van der Waals surface area contributed by atoms with Crippen molar-refractivity contribution in [2.45, 2.75) is 0 Å². The molecule has 6 nitrogen and oxygen atoms in total. The average molecular weight is 305 g/mol. The normalized spacial score (nSPS) is 11.0. The van der Waals surface area contributed by atoms with Crippen LogP contribution in [-0.2, 0) is 0 Å². The van der Waals surface area contributed by atoms with Crippen LogP contribution in [0, 0.1) is 0 Å². The lowest BCUT2D eigenvalue weighted by molar-refractivity contribution is 0.102. The molecule has 0 aliphatic rings. The topological polar surface area (TPSA) is 76.6 Å². The van der Waals surface area contributed by atoms with Crippen LogP contribution in [0.1, 0.15) is 10.4 Å². The van der Waals surface area contributed by atoms with E-state index < -0.39 is 11.5 Å². The van der Waals surface area contributed by atoms with Gasteiger partial charge < -0.3 is 14.1 Å². The van der Waals surface area contributed by atoms with Crippen molar-refractivity contribution in [2.24, 2.45) is 0 Å². The quantitative estimate of drug-likeness (QED) is 0.578. The SMILES string of the molecule is O=C(Nc1ccc2nccn2c1)c1cc2ccccc2oc1=O. The van der Waals surface area contributed by atoms with E-state index in [-0.39, 0.29) is 5.56 Å². The molecule has 0 aliphatic heterocycles. The van der Waals surface area contributed by atoms with Crippen molar-refractivity contribution in [3.05, 3.63) is 77.0 Å². The van der Waals surface area contributed by atoms with E-state index in [1.165, 1.54) is 6.07 Å². The molecular formula is C17H11N3O3. The van der Waals surface area contributed by atoms with Crippen LogP contribution in [0.5, 0.6) is 0 Å². The highest BCUT2D eigenvalue weighted by Gasteiger charge is 2.14. The molecular weight excluding hydrogens is 294 g/mol. The van der Waals surface area contributed by atoms with E-state index >= 15 is 0 Å². The van der Waals surface area contributed by atoms with Crippen molar-refractivity contribution in [1.29, 1.82) is 0 Å². The molecule has 6 heteroatoms. The molecule has 0 spiro atoms. The number of carbonyl (C=O) groups is 1. The van der Waals surface area contributed by atoms with Crippen molar-refractivity contribution < 1.29 is 9.21 Å². The molecule has 0 unspecified atom stereocenters. The summed E-state index contributed by atoms with van der Waals surface area (Å²) >= 11 is 0. The summed E-state index contributed by atoms with van der Waals surface area (Å²) in [5, 5.41) is 3.39. The highest BCUT2D eigenvalue weighted by atomic mass is 16.4. The number of hydrogen-bond acceptors (Lipinski definition) is 4. The minimum absolute atomic E-state index is 0.0329. The zero-order valence-corrected chi connectivity index (χ0v) is 11.9. The number of anilines is 1. The van der Waals surface area contributed by atoms with Crippen LogP contribution >= 0.6 is 0 Å². The van der Waals surface area contributed by atoms with Crippen molar-refractivity contribution in [3.8, 4) is 0 Å². The highest BCUT2D eigenvalue weighted by Crippen LogP contribution is 2.14. The third kappa shape index (κ3) is 2.36. The fourth-order valence-electron chi connectivity index (χ4n) is 2.41. The molecule has 1 aromatic carbocycles. The predicted octanol–water partition coefficient (Wildman–Crippen LogP) is 2.69. The first-order valence-corrected chi connectivity index (χ1v) is 6.98. The van der Waals surface area contributed by atoms with E-state index in [9.17, 15) is 9.59 Å². The smallest absolute Gasteiger partial charge is 0.349 e. The number of carbonyl (C=O) groups excluding carboxylic acids is 1. The number of benzene rings is 1. The first-order chi connectivity index (χ1) is 11.2. The Morgan fingerprint density at radius 2 is 2.04 bits per heavy atom. The number of amides is 1. The summed E-state index contributed by atoms with van der Waals surface area (Å²) in [6, 6.07) is 12.1. The number of para-hydroxylation sites is 1. The second-order valence-electron chi connectivity index (χ2n) is 5.05. The molecule has 3 aromatic heterocycles. The molecule has 1 amide bonds. The van der Waals surface area contributed by atoms with Gasteiger partial charge in [-0.2, -0.15) is 0 Å². The predicted molar refractivity (Wildman–Crippen MR) is 85.6 cm³/mol. The lowest BCUT2D eigenvalue weighted by Crippen LogP contribution is -2.20. The van der Waals surface area contributed by atoms with Gasteiger partial charge in [0.05, 0.1) is 5.69 Å². The maximum atomic E-state index is 12.4. The average Bonchev–Trinajstić information content (AvgIpc) is 3.01. The van der Waals surface area contributed by atoms with E-state index in [2.05, 4.69) is 10.3 Å². The van der Waals surface area contributed by atoms with Gasteiger partial charge in [0.1, 0.15) is 16.8 Å². The molecule has 0 radical (unpaired) electrons. The minimum atomic E-state index is -0.662.